The number of ether oxygens (including phenoxy) is 1. The Labute approximate surface area is 156 Å². The van der Waals surface area contributed by atoms with Crippen LogP contribution in [0.2, 0.25) is 10.0 Å². The van der Waals surface area contributed by atoms with Crippen molar-refractivity contribution in [1.29, 1.82) is 0 Å². The van der Waals surface area contributed by atoms with Gasteiger partial charge in [0.25, 0.3) is 11.8 Å². The van der Waals surface area contributed by atoms with Crippen LogP contribution in [0, 0.1) is 0 Å². The number of hydrogen-bond acceptors (Lipinski definition) is 3. The summed E-state index contributed by atoms with van der Waals surface area (Å²) in [6.45, 7) is 2.23. The lowest BCUT2D eigenvalue weighted by Crippen LogP contribution is -2.40. The number of carbonyl (C=O) groups is 2. The number of amides is 2. The molecular weight excluding hydrogens is 363 g/mol. The van der Waals surface area contributed by atoms with Gasteiger partial charge in [0.1, 0.15) is 5.75 Å². The first-order valence-electron chi connectivity index (χ1n) is 7.69. The smallest absolute Gasteiger partial charge is 0.260 e. The van der Waals surface area contributed by atoms with Crippen molar-refractivity contribution in [2.45, 2.75) is 13.0 Å². The van der Waals surface area contributed by atoms with E-state index in [-0.39, 0.29) is 11.8 Å². The van der Waals surface area contributed by atoms with E-state index in [4.69, 9.17) is 27.9 Å². The van der Waals surface area contributed by atoms with Gasteiger partial charge < -0.3 is 15.4 Å². The monoisotopic (exact) mass is 380 g/mol. The van der Waals surface area contributed by atoms with Crippen LogP contribution < -0.4 is 15.4 Å². The minimum Gasteiger partial charge on any atom is -0.481 e. The van der Waals surface area contributed by atoms with Crippen LogP contribution in [0.15, 0.2) is 48.5 Å². The van der Waals surface area contributed by atoms with E-state index >= 15 is 0 Å². The summed E-state index contributed by atoms with van der Waals surface area (Å²) in [5.41, 5.74) is 0.471. The minimum absolute atomic E-state index is 0.248. The minimum atomic E-state index is -0.662. The fourth-order valence-corrected chi connectivity index (χ4v) is 2.32. The van der Waals surface area contributed by atoms with Gasteiger partial charge in [-0.1, -0.05) is 29.3 Å². The van der Waals surface area contributed by atoms with Gasteiger partial charge in [-0.2, -0.15) is 0 Å². The molecule has 5 nitrogen and oxygen atoms in total. The van der Waals surface area contributed by atoms with Crippen LogP contribution in [0.1, 0.15) is 17.3 Å². The van der Waals surface area contributed by atoms with Crippen molar-refractivity contribution in [3.8, 4) is 5.75 Å². The molecule has 2 amide bonds. The molecule has 0 aromatic heterocycles. The van der Waals surface area contributed by atoms with Gasteiger partial charge in [-0.05, 0) is 49.4 Å². The van der Waals surface area contributed by atoms with Crippen LogP contribution in [-0.4, -0.2) is 31.0 Å². The molecule has 0 radical (unpaired) electrons. The molecule has 0 aliphatic heterocycles. The van der Waals surface area contributed by atoms with Crippen LogP contribution in [0.25, 0.3) is 0 Å². The molecular formula is C18H18Cl2N2O3. The van der Waals surface area contributed by atoms with Gasteiger partial charge in [-0.25, -0.2) is 0 Å². The first-order valence-corrected chi connectivity index (χ1v) is 8.45. The van der Waals surface area contributed by atoms with E-state index in [0.717, 1.165) is 0 Å². The molecule has 0 bridgehead atoms. The zero-order chi connectivity index (χ0) is 18.2. The lowest BCUT2D eigenvalue weighted by Gasteiger charge is -2.15. The summed E-state index contributed by atoms with van der Waals surface area (Å²) in [7, 11) is 0. The second-order valence-corrected chi connectivity index (χ2v) is 6.14. The molecule has 2 rings (SSSR count). The second-order valence-electron chi connectivity index (χ2n) is 5.27. The van der Waals surface area contributed by atoms with Crippen molar-refractivity contribution in [3.05, 3.63) is 64.1 Å². The van der Waals surface area contributed by atoms with Crippen molar-refractivity contribution in [2.24, 2.45) is 0 Å². The van der Waals surface area contributed by atoms with Gasteiger partial charge in [0.15, 0.2) is 6.10 Å². The Bertz CT molecular complexity index is 735. The highest BCUT2D eigenvalue weighted by atomic mass is 35.5. The SMILES string of the molecule is CC(Oc1ccc(Cl)cc1)C(=O)NCCNC(=O)c1cccc(Cl)c1. The summed E-state index contributed by atoms with van der Waals surface area (Å²) in [5.74, 6) is 0.0375. The van der Waals surface area contributed by atoms with Crippen molar-refractivity contribution in [1.82, 2.24) is 10.6 Å². The van der Waals surface area contributed by atoms with E-state index in [9.17, 15) is 9.59 Å². The third kappa shape index (κ3) is 6.29. The number of benzene rings is 2. The summed E-state index contributed by atoms with van der Waals surface area (Å²) in [6.07, 6.45) is -0.662. The molecule has 2 aromatic rings. The average Bonchev–Trinajstić information content (AvgIpc) is 2.60. The molecule has 0 saturated heterocycles. The molecule has 0 heterocycles. The quantitative estimate of drug-likeness (QED) is 0.724. The van der Waals surface area contributed by atoms with Gasteiger partial charge >= 0.3 is 0 Å². The Morgan fingerprint density at radius 3 is 2.36 bits per heavy atom. The van der Waals surface area contributed by atoms with E-state index in [1.165, 1.54) is 0 Å². The molecule has 2 aromatic carbocycles. The van der Waals surface area contributed by atoms with Gasteiger partial charge in [0.2, 0.25) is 0 Å². The van der Waals surface area contributed by atoms with Crippen LogP contribution in [-0.2, 0) is 4.79 Å². The third-order valence-corrected chi connectivity index (χ3v) is 3.78. The van der Waals surface area contributed by atoms with E-state index in [1.54, 1.807) is 55.5 Å². The summed E-state index contributed by atoms with van der Waals surface area (Å²) in [4.78, 5) is 23.9. The Morgan fingerprint density at radius 2 is 1.68 bits per heavy atom. The lowest BCUT2D eigenvalue weighted by atomic mass is 10.2. The standard InChI is InChI=1S/C18H18Cl2N2O3/c1-12(25-16-7-5-14(19)6-8-16)17(23)21-9-10-22-18(24)13-3-2-4-15(20)11-13/h2-8,11-12H,9-10H2,1H3,(H,21,23)(H,22,24). The highest BCUT2D eigenvalue weighted by Crippen LogP contribution is 2.16. The van der Waals surface area contributed by atoms with Crippen molar-refractivity contribution in [3.63, 3.8) is 0 Å². The highest BCUT2D eigenvalue weighted by Gasteiger charge is 2.14. The average molecular weight is 381 g/mol. The largest absolute Gasteiger partial charge is 0.481 e. The maximum absolute atomic E-state index is 12.0. The summed E-state index contributed by atoms with van der Waals surface area (Å²) >= 11 is 11.6. The topological polar surface area (TPSA) is 67.4 Å². The van der Waals surface area contributed by atoms with Crippen molar-refractivity contribution in [2.75, 3.05) is 13.1 Å². The Hall–Kier alpha value is -2.24. The van der Waals surface area contributed by atoms with Crippen LogP contribution in [0.5, 0.6) is 5.75 Å². The Kier molecular flexibility index (Phi) is 7.10. The Morgan fingerprint density at radius 1 is 1.00 bits per heavy atom. The third-order valence-electron chi connectivity index (χ3n) is 3.29. The summed E-state index contributed by atoms with van der Waals surface area (Å²) in [6, 6.07) is 13.4. The van der Waals surface area contributed by atoms with E-state index in [1.807, 2.05) is 0 Å². The van der Waals surface area contributed by atoms with Gasteiger partial charge in [-0.15, -0.1) is 0 Å². The number of halogens is 2. The zero-order valence-corrected chi connectivity index (χ0v) is 15.1. The predicted octanol–water partition coefficient (Wildman–Crippen LogP) is 3.31. The maximum atomic E-state index is 12.0. The molecule has 0 spiro atoms. The zero-order valence-electron chi connectivity index (χ0n) is 13.6. The second kappa shape index (κ2) is 9.30. The predicted molar refractivity (Wildman–Crippen MR) is 98.3 cm³/mol. The number of nitrogens with one attached hydrogen (secondary N) is 2. The van der Waals surface area contributed by atoms with Gasteiger partial charge in [-0.3, -0.25) is 9.59 Å². The fraction of sp³-hybridized carbons (Fsp3) is 0.222. The van der Waals surface area contributed by atoms with Crippen LogP contribution in [0.4, 0.5) is 0 Å². The lowest BCUT2D eigenvalue weighted by molar-refractivity contribution is -0.127. The molecule has 1 unspecified atom stereocenters. The first kappa shape index (κ1) is 19.1. The number of carbonyl (C=O) groups excluding carboxylic acids is 2. The number of rotatable bonds is 7. The summed E-state index contributed by atoms with van der Waals surface area (Å²) < 4.78 is 5.52. The van der Waals surface area contributed by atoms with E-state index in [0.29, 0.717) is 34.4 Å². The van der Waals surface area contributed by atoms with Crippen molar-refractivity contribution >= 4 is 35.0 Å². The van der Waals surface area contributed by atoms with Crippen molar-refractivity contribution < 1.29 is 14.3 Å². The maximum Gasteiger partial charge on any atom is 0.260 e. The molecule has 0 aliphatic carbocycles. The molecule has 2 N–H and O–H groups in total. The molecule has 0 saturated carbocycles. The molecule has 0 aliphatic rings. The van der Waals surface area contributed by atoms with Gasteiger partial charge in [0, 0.05) is 28.7 Å². The van der Waals surface area contributed by atoms with E-state index < -0.39 is 6.10 Å². The van der Waals surface area contributed by atoms with Crippen LogP contribution in [0.3, 0.4) is 0 Å². The molecule has 132 valence electrons. The van der Waals surface area contributed by atoms with E-state index in [2.05, 4.69) is 10.6 Å². The Balaban J connectivity index is 1.71. The first-order chi connectivity index (χ1) is 12.0. The fourth-order valence-electron chi connectivity index (χ4n) is 2.01. The normalized spacial score (nSPS) is 11.5. The highest BCUT2D eigenvalue weighted by molar-refractivity contribution is 6.31. The van der Waals surface area contributed by atoms with Gasteiger partial charge in [0.05, 0.1) is 0 Å². The number of hydrogen-bond donors (Lipinski definition) is 2. The molecule has 1 atom stereocenters. The summed E-state index contributed by atoms with van der Waals surface area (Å²) in [5, 5.41) is 6.50. The molecule has 25 heavy (non-hydrogen) atoms. The molecule has 7 heteroatoms. The molecule has 0 fully saturated rings. The van der Waals surface area contributed by atoms with Crippen LogP contribution >= 0.6 is 23.2 Å².